The summed E-state index contributed by atoms with van der Waals surface area (Å²) in [5, 5.41) is 11.7. The molecule has 0 aliphatic carbocycles. The van der Waals surface area contributed by atoms with Gasteiger partial charge in [-0.1, -0.05) is 48.5 Å². The summed E-state index contributed by atoms with van der Waals surface area (Å²) in [6.07, 6.45) is 0. The van der Waals surface area contributed by atoms with E-state index in [1.807, 2.05) is 43.3 Å². The number of rotatable bonds is 5. The Balaban J connectivity index is 1.70. The topological polar surface area (TPSA) is 80.0 Å². The number of aryl methyl sites for hydroxylation is 1. The number of hydrogen-bond acceptors (Lipinski definition) is 5. The van der Waals surface area contributed by atoms with Crippen molar-refractivity contribution in [1.29, 1.82) is 0 Å². The number of ketones is 1. The van der Waals surface area contributed by atoms with Crippen LogP contribution in [0.5, 0.6) is 5.75 Å². The molecule has 1 amide bonds. The quantitative estimate of drug-likeness (QED) is 0.414. The summed E-state index contributed by atoms with van der Waals surface area (Å²) in [5.41, 5.74) is 2.59. The summed E-state index contributed by atoms with van der Waals surface area (Å²) in [7, 11) is 1.52. The maximum absolute atomic E-state index is 13.7. The first-order chi connectivity index (χ1) is 16.0. The SMILES string of the molecule is COc1ccccc1C1C(C(=O)c2cc3ccccc3o2)=C(O)C(=O)N1c1cccc(C)c1. The van der Waals surface area contributed by atoms with Gasteiger partial charge in [0.25, 0.3) is 5.91 Å². The van der Waals surface area contributed by atoms with Crippen LogP contribution >= 0.6 is 0 Å². The van der Waals surface area contributed by atoms with E-state index < -0.39 is 23.5 Å². The first-order valence-corrected chi connectivity index (χ1v) is 10.5. The van der Waals surface area contributed by atoms with E-state index in [4.69, 9.17) is 9.15 Å². The fourth-order valence-corrected chi connectivity index (χ4v) is 4.29. The van der Waals surface area contributed by atoms with E-state index in [2.05, 4.69) is 0 Å². The number of methoxy groups -OCH3 is 1. The van der Waals surface area contributed by atoms with Gasteiger partial charge in [-0.2, -0.15) is 0 Å². The molecule has 6 nitrogen and oxygen atoms in total. The molecule has 1 aliphatic heterocycles. The third-order valence-corrected chi connectivity index (χ3v) is 5.82. The molecule has 4 aromatic rings. The summed E-state index contributed by atoms with van der Waals surface area (Å²) in [5.74, 6) is -1.26. The van der Waals surface area contributed by atoms with Crippen molar-refractivity contribution in [2.24, 2.45) is 0 Å². The van der Waals surface area contributed by atoms with Crippen molar-refractivity contribution >= 4 is 28.3 Å². The number of carbonyl (C=O) groups excluding carboxylic acids is 2. The number of nitrogens with zero attached hydrogens (tertiary/aromatic N) is 1. The number of aliphatic hydroxyl groups excluding tert-OH is 1. The second kappa shape index (κ2) is 7.98. The van der Waals surface area contributed by atoms with Crippen LogP contribution in [0, 0.1) is 6.92 Å². The average Bonchev–Trinajstić information content (AvgIpc) is 3.38. The average molecular weight is 439 g/mol. The van der Waals surface area contributed by atoms with Crippen molar-refractivity contribution in [3.8, 4) is 5.75 Å². The zero-order valence-electron chi connectivity index (χ0n) is 18.1. The molecule has 164 valence electrons. The van der Waals surface area contributed by atoms with Crippen LogP contribution in [0.4, 0.5) is 5.69 Å². The smallest absolute Gasteiger partial charge is 0.294 e. The summed E-state index contributed by atoms with van der Waals surface area (Å²) < 4.78 is 11.3. The maximum Gasteiger partial charge on any atom is 0.294 e. The lowest BCUT2D eigenvalue weighted by Gasteiger charge is -2.28. The monoisotopic (exact) mass is 439 g/mol. The van der Waals surface area contributed by atoms with E-state index >= 15 is 0 Å². The highest BCUT2D eigenvalue weighted by molar-refractivity contribution is 6.20. The lowest BCUT2D eigenvalue weighted by molar-refractivity contribution is -0.117. The Bertz CT molecular complexity index is 1400. The van der Waals surface area contributed by atoms with E-state index in [9.17, 15) is 14.7 Å². The fourth-order valence-electron chi connectivity index (χ4n) is 4.29. The first kappa shape index (κ1) is 20.6. The Kier molecular flexibility index (Phi) is 4.98. The van der Waals surface area contributed by atoms with Gasteiger partial charge in [0, 0.05) is 16.6 Å². The maximum atomic E-state index is 13.7. The van der Waals surface area contributed by atoms with E-state index in [1.165, 1.54) is 12.0 Å². The minimum absolute atomic E-state index is 0.0509. The van der Waals surface area contributed by atoms with Crippen LogP contribution in [0.25, 0.3) is 11.0 Å². The van der Waals surface area contributed by atoms with Gasteiger partial charge >= 0.3 is 0 Å². The molecule has 0 saturated heterocycles. The minimum atomic E-state index is -0.892. The molecule has 0 bridgehead atoms. The Morgan fingerprint density at radius 2 is 1.76 bits per heavy atom. The molecular formula is C27H21NO5. The second-order valence-corrected chi connectivity index (χ2v) is 7.90. The highest BCUT2D eigenvalue weighted by Crippen LogP contribution is 2.45. The van der Waals surface area contributed by atoms with Gasteiger partial charge in [-0.3, -0.25) is 14.5 Å². The second-order valence-electron chi connectivity index (χ2n) is 7.90. The number of fused-ring (bicyclic) bond motifs is 1. The van der Waals surface area contributed by atoms with Crippen LogP contribution in [0.2, 0.25) is 0 Å². The Labute approximate surface area is 190 Å². The molecule has 1 aromatic heterocycles. The molecule has 1 unspecified atom stereocenters. The number of aliphatic hydroxyl groups is 1. The fraction of sp³-hybridized carbons (Fsp3) is 0.111. The van der Waals surface area contributed by atoms with Crippen molar-refractivity contribution in [2.45, 2.75) is 13.0 Å². The third-order valence-electron chi connectivity index (χ3n) is 5.82. The highest BCUT2D eigenvalue weighted by Gasteiger charge is 2.46. The molecule has 0 radical (unpaired) electrons. The zero-order chi connectivity index (χ0) is 23.1. The number of hydrogen-bond donors (Lipinski definition) is 1. The summed E-state index contributed by atoms with van der Waals surface area (Å²) in [6, 6.07) is 22.5. The number of Topliss-reactive ketones (excluding diaryl/α,β-unsaturated/α-hetero) is 1. The first-order valence-electron chi connectivity index (χ1n) is 10.5. The van der Waals surface area contributed by atoms with Gasteiger partial charge in [0.15, 0.2) is 11.5 Å². The third kappa shape index (κ3) is 3.36. The van der Waals surface area contributed by atoms with Gasteiger partial charge in [0.1, 0.15) is 11.3 Å². The molecule has 1 aliphatic rings. The van der Waals surface area contributed by atoms with Crippen LogP contribution in [0.3, 0.4) is 0 Å². The Hall–Kier alpha value is -4.32. The minimum Gasteiger partial charge on any atom is -0.503 e. The van der Waals surface area contributed by atoms with E-state index in [0.717, 1.165) is 10.9 Å². The number of carbonyl (C=O) groups is 2. The summed E-state index contributed by atoms with van der Waals surface area (Å²) >= 11 is 0. The summed E-state index contributed by atoms with van der Waals surface area (Å²) in [4.78, 5) is 28.4. The van der Waals surface area contributed by atoms with E-state index in [0.29, 0.717) is 22.6 Å². The van der Waals surface area contributed by atoms with Crippen molar-refractivity contribution in [2.75, 3.05) is 12.0 Å². The molecule has 6 heteroatoms. The molecule has 1 atom stereocenters. The lowest BCUT2D eigenvalue weighted by atomic mass is 9.94. The number of amides is 1. The standard InChI is InChI=1S/C27H21NO5/c1-16-8-7-10-18(14-16)28-24(19-11-4-6-13-21(19)32-2)23(26(30)27(28)31)25(29)22-15-17-9-3-5-12-20(17)33-22/h3-15,24,30H,1-2H3. The molecule has 0 saturated carbocycles. The molecule has 33 heavy (non-hydrogen) atoms. The Morgan fingerprint density at radius 1 is 1.00 bits per heavy atom. The van der Waals surface area contributed by atoms with E-state index in [-0.39, 0.29) is 11.3 Å². The van der Waals surface area contributed by atoms with Gasteiger partial charge in [0.05, 0.1) is 18.7 Å². The van der Waals surface area contributed by atoms with Crippen molar-refractivity contribution < 1.29 is 23.8 Å². The number of furan rings is 1. The number of ether oxygens (including phenoxy) is 1. The van der Waals surface area contributed by atoms with Crippen LogP contribution in [-0.4, -0.2) is 23.9 Å². The predicted octanol–water partition coefficient (Wildman–Crippen LogP) is 5.53. The molecule has 1 N–H and O–H groups in total. The van der Waals surface area contributed by atoms with Gasteiger partial charge in [0.2, 0.25) is 5.78 Å². The van der Waals surface area contributed by atoms with E-state index in [1.54, 1.807) is 42.5 Å². The molecular weight excluding hydrogens is 418 g/mol. The number of benzene rings is 3. The van der Waals surface area contributed by atoms with Crippen molar-refractivity contribution in [3.63, 3.8) is 0 Å². The van der Waals surface area contributed by atoms with Crippen LogP contribution in [0.1, 0.15) is 27.7 Å². The number of anilines is 1. The highest BCUT2D eigenvalue weighted by atomic mass is 16.5. The largest absolute Gasteiger partial charge is 0.503 e. The van der Waals surface area contributed by atoms with Crippen molar-refractivity contribution in [1.82, 2.24) is 0 Å². The van der Waals surface area contributed by atoms with Crippen LogP contribution in [0.15, 0.2) is 94.6 Å². The zero-order valence-corrected chi connectivity index (χ0v) is 18.1. The predicted molar refractivity (Wildman–Crippen MR) is 125 cm³/mol. The molecule has 3 aromatic carbocycles. The van der Waals surface area contributed by atoms with Gasteiger partial charge in [-0.15, -0.1) is 0 Å². The van der Waals surface area contributed by atoms with Crippen LogP contribution < -0.4 is 9.64 Å². The van der Waals surface area contributed by atoms with Gasteiger partial charge in [-0.05, 0) is 42.8 Å². The van der Waals surface area contributed by atoms with Crippen molar-refractivity contribution in [3.05, 3.63) is 107 Å². The Morgan fingerprint density at radius 3 is 2.52 bits per heavy atom. The molecule has 2 heterocycles. The number of para-hydroxylation sites is 2. The molecule has 0 spiro atoms. The van der Waals surface area contributed by atoms with Gasteiger partial charge in [-0.25, -0.2) is 0 Å². The molecule has 0 fully saturated rings. The molecule has 5 rings (SSSR count). The summed E-state index contributed by atoms with van der Waals surface area (Å²) in [6.45, 7) is 1.91. The lowest BCUT2D eigenvalue weighted by Crippen LogP contribution is -2.31. The van der Waals surface area contributed by atoms with Crippen LogP contribution in [-0.2, 0) is 4.79 Å². The van der Waals surface area contributed by atoms with Gasteiger partial charge < -0.3 is 14.3 Å². The normalized spacial score (nSPS) is 16.0.